The average Bonchev–Trinajstić information content (AvgIpc) is 2.46. The Kier molecular flexibility index (Phi) is 3.67. The van der Waals surface area contributed by atoms with E-state index in [1.165, 1.54) is 5.69 Å². The molecule has 0 spiro atoms. The molecular formula is C14H19N2O2. The van der Waals surface area contributed by atoms with Crippen molar-refractivity contribution >= 4 is 5.69 Å². The predicted molar refractivity (Wildman–Crippen MR) is 70.2 cm³/mol. The Bertz CT molecular complexity index is 391. The minimum absolute atomic E-state index is 0.778. The van der Waals surface area contributed by atoms with Crippen LogP contribution >= 0.6 is 0 Å². The molecule has 1 fully saturated rings. The monoisotopic (exact) mass is 247 g/mol. The zero-order chi connectivity index (χ0) is 12.2. The summed E-state index contributed by atoms with van der Waals surface area (Å²) < 4.78 is 11.0. The fourth-order valence-electron chi connectivity index (χ4n) is 2.48. The van der Waals surface area contributed by atoms with Gasteiger partial charge in [0.1, 0.15) is 12.4 Å². The van der Waals surface area contributed by atoms with E-state index >= 15 is 0 Å². The summed E-state index contributed by atoms with van der Waals surface area (Å²) in [5.74, 6) is 0.988. The van der Waals surface area contributed by atoms with Crippen molar-refractivity contribution in [3.63, 3.8) is 0 Å². The van der Waals surface area contributed by atoms with E-state index in [1.54, 1.807) is 0 Å². The van der Waals surface area contributed by atoms with Crippen molar-refractivity contribution in [2.75, 3.05) is 57.4 Å². The number of benzene rings is 1. The summed E-state index contributed by atoms with van der Waals surface area (Å²) in [6.45, 7) is 7.73. The summed E-state index contributed by atoms with van der Waals surface area (Å²) in [6.07, 6.45) is 0. The predicted octanol–water partition coefficient (Wildman–Crippen LogP) is 1.02. The molecule has 2 aliphatic rings. The molecule has 0 unspecified atom stereocenters. The van der Waals surface area contributed by atoms with Gasteiger partial charge in [-0.25, -0.2) is 0 Å². The maximum Gasteiger partial charge on any atom is 0.142 e. The van der Waals surface area contributed by atoms with Crippen molar-refractivity contribution < 1.29 is 9.47 Å². The lowest BCUT2D eigenvalue weighted by atomic mass is 10.2. The second kappa shape index (κ2) is 5.59. The highest BCUT2D eigenvalue weighted by atomic mass is 16.5. The van der Waals surface area contributed by atoms with Gasteiger partial charge in [0.25, 0.3) is 0 Å². The van der Waals surface area contributed by atoms with Crippen molar-refractivity contribution in [1.29, 1.82) is 0 Å². The van der Waals surface area contributed by atoms with Crippen molar-refractivity contribution in [3.05, 3.63) is 24.3 Å². The van der Waals surface area contributed by atoms with Crippen LogP contribution in [0.2, 0.25) is 0 Å². The Morgan fingerprint density at radius 2 is 2.00 bits per heavy atom. The van der Waals surface area contributed by atoms with Gasteiger partial charge >= 0.3 is 0 Å². The SMILES string of the molecule is [c]1ccc2c(c1)N(CCN1CCOCC1)CCO2. The van der Waals surface area contributed by atoms with E-state index in [0.717, 1.165) is 58.3 Å². The summed E-state index contributed by atoms with van der Waals surface area (Å²) in [5.41, 5.74) is 1.18. The van der Waals surface area contributed by atoms with Crippen LogP contribution in [0.1, 0.15) is 0 Å². The normalized spacial score (nSPS) is 20.3. The van der Waals surface area contributed by atoms with Crippen molar-refractivity contribution in [1.82, 2.24) is 4.90 Å². The number of hydrogen-bond acceptors (Lipinski definition) is 4. The first-order valence-corrected chi connectivity index (χ1v) is 6.61. The second-order valence-corrected chi connectivity index (χ2v) is 4.68. The molecular weight excluding hydrogens is 228 g/mol. The molecule has 0 aromatic heterocycles. The maximum absolute atomic E-state index is 5.65. The molecule has 0 atom stereocenters. The number of nitrogens with zero attached hydrogens (tertiary/aromatic N) is 2. The summed E-state index contributed by atoms with van der Waals surface area (Å²) in [6, 6.07) is 9.06. The Labute approximate surface area is 108 Å². The van der Waals surface area contributed by atoms with Crippen LogP contribution in [0.25, 0.3) is 0 Å². The highest BCUT2D eigenvalue weighted by molar-refractivity contribution is 5.59. The van der Waals surface area contributed by atoms with Gasteiger partial charge in [-0.1, -0.05) is 6.07 Å². The van der Waals surface area contributed by atoms with Crippen LogP contribution in [-0.2, 0) is 4.74 Å². The van der Waals surface area contributed by atoms with Crippen molar-refractivity contribution in [2.24, 2.45) is 0 Å². The molecule has 1 radical (unpaired) electrons. The first kappa shape index (κ1) is 11.8. The van der Waals surface area contributed by atoms with Crippen LogP contribution in [0, 0.1) is 6.07 Å². The summed E-state index contributed by atoms with van der Waals surface area (Å²) in [7, 11) is 0. The molecule has 1 saturated heterocycles. The topological polar surface area (TPSA) is 24.9 Å². The molecule has 4 nitrogen and oxygen atoms in total. The Morgan fingerprint density at radius 1 is 1.11 bits per heavy atom. The first-order chi connectivity index (χ1) is 8.93. The third-order valence-electron chi connectivity index (χ3n) is 3.55. The molecule has 0 saturated carbocycles. The Hall–Kier alpha value is -1.26. The van der Waals surface area contributed by atoms with E-state index < -0.39 is 0 Å². The number of rotatable bonds is 3. The summed E-state index contributed by atoms with van der Waals surface area (Å²) in [5, 5.41) is 0. The van der Waals surface area contributed by atoms with E-state index in [1.807, 2.05) is 18.2 Å². The number of anilines is 1. The van der Waals surface area contributed by atoms with Gasteiger partial charge in [0.05, 0.1) is 25.4 Å². The maximum atomic E-state index is 5.65. The largest absolute Gasteiger partial charge is 0.490 e. The number of morpholine rings is 1. The zero-order valence-corrected chi connectivity index (χ0v) is 10.6. The first-order valence-electron chi connectivity index (χ1n) is 6.61. The fraction of sp³-hybridized carbons (Fsp3) is 0.571. The lowest BCUT2D eigenvalue weighted by Crippen LogP contribution is -2.43. The fourth-order valence-corrected chi connectivity index (χ4v) is 2.48. The third-order valence-corrected chi connectivity index (χ3v) is 3.55. The number of fused-ring (bicyclic) bond motifs is 1. The highest BCUT2D eigenvalue weighted by Crippen LogP contribution is 2.30. The van der Waals surface area contributed by atoms with E-state index in [-0.39, 0.29) is 0 Å². The van der Waals surface area contributed by atoms with Crippen LogP contribution in [0.5, 0.6) is 5.75 Å². The second-order valence-electron chi connectivity index (χ2n) is 4.68. The van der Waals surface area contributed by atoms with Gasteiger partial charge in [0.15, 0.2) is 0 Å². The quantitative estimate of drug-likeness (QED) is 0.796. The van der Waals surface area contributed by atoms with Crippen LogP contribution in [0.15, 0.2) is 18.2 Å². The molecule has 1 aromatic rings. The number of ether oxygens (including phenoxy) is 2. The van der Waals surface area contributed by atoms with Crippen LogP contribution < -0.4 is 9.64 Å². The molecule has 3 rings (SSSR count). The molecule has 4 heteroatoms. The van der Waals surface area contributed by atoms with Crippen LogP contribution in [0.4, 0.5) is 5.69 Å². The van der Waals surface area contributed by atoms with Gasteiger partial charge in [-0.3, -0.25) is 4.90 Å². The molecule has 1 aromatic carbocycles. The minimum Gasteiger partial charge on any atom is -0.490 e. The van der Waals surface area contributed by atoms with E-state index in [4.69, 9.17) is 9.47 Å². The van der Waals surface area contributed by atoms with Gasteiger partial charge in [-0.15, -0.1) is 0 Å². The molecule has 0 N–H and O–H groups in total. The lowest BCUT2D eigenvalue weighted by Gasteiger charge is -2.34. The smallest absolute Gasteiger partial charge is 0.142 e. The highest BCUT2D eigenvalue weighted by Gasteiger charge is 2.18. The van der Waals surface area contributed by atoms with Gasteiger partial charge in [0, 0.05) is 26.2 Å². The standard InChI is InChI=1S/C14H19N2O2/c1-2-4-14-13(3-1)16(9-12-18-14)6-5-15-7-10-17-11-8-15/h2-4H,5-12H2. The number of hydrogen-bond donors (Lipinski definition) is 0. The van der Waals surface area contributed by atoms with E-state index in [0.29, 0.717) is 0 Å². The van der Waals surface area contributed by atoms with Crippen molar-refractivity contribution in [2.45, 2.75) is 0 Å². The van der Waals surface area contributed by atoms with Gasteiger partial charge < -0.3 is 14.4 Å². The van der Waals surface area contributed by atoms with Crippen LogP contribution in [0.3, 0.4) is 0 Å². The van der Waals surface area contributed by atoms with Crippen LogP contribution in [-0.4, -0.2) is 57.4 Å². The molecule has 97 valence electrons. The van der Waals surface area contributed by atoms with E-state index in [2.05, 4.69) is 15.9 Å². The molecule has 0 aliphatic carbocycles. The Balaban J connectivity index is 1.60. The average molecular weight is 247 g/mol. The zero-order valence-electron chi connectivity index (χ0n) is 10.6. The summed E-state index contributed by atoms with van der Waals surface area (Å²) >= 11 is 0. The molecule has 0 bridgehead atoms. The third kappa shape index (κ3) is 2.60. The van der Waals surface area contributed by atoms with E-state index in [9.17, 15) is 0 Å². The van der Waals surface area contributed by atoms with Crippen molar-refractivity contribution in [3.8, 4) is 5.75 Å². The van der Waals surface area contributed by atoms with Gasteiger partial charge in [0.2, 0.25) is 0 Å². The van der Waals surface area contributed by atoms with Gasteiger partial charge in [-0.2, -0.15) is 0 Å². The molecule has 2 heterocycles. The Morgan fingerprint density at radius 3 is 2.89 bits per heavy atom. The lowest BCUT2D eigenvalue weighted by molar-refractivity contribution is 0.0390. The molecule has 0 amide bonds. The van der Waals surface area contributed by atoms with Gasteiger partial charge in [-0.05, 0) is 18.2 Å². The minimum atomic E-state index is 0.778. The molecule has 2 aliphatic heterocycles. The molecule has 18 heavy (non-hydrogen) atoms. The summed E-state index contributed by atoms with van der Waals surface area (Å²) in [4.78, 5) is 4.86.